The minimum absolute atomic E-state index is 0.822. The van der Waals surface area contributed by atoms with Gasteiger partial charge in [-0.15, -0.1) is 0 Å². The first-order valence-corrected chi connectivity index (χ1v) is 13.7. The molecule has 0 radical (unpaired) electrons. The number of ether oxygens (including phenoxy) is 1. The van der Waals surface area contributed by atoms with Crippen LogP contribution >= 0.6 is 0 Å². The summed E-state index contributed by atoms with van der Waals surface area (Å²) in [5.41, 5.74) is 3.61. The van der Waals surface area contributed by atoms with Crippen molar-refractivity contribution >= 4 is 0 Å². The second kappa shape index (κ2) is 25.2. The summed E-state index contributed by atoms with van der Waals surface area (Å²) in [4.78, 5) is 4.23. The van der Waals surface area contributed by atoms with Gasteiger partial charge in [0.05, 0.1) is 12.3 Å². The molecular formula is C29H57NO. The minimum atomic E-state index is 0.822. The number of rotatable bonds is 12. The van der Waals surface area contributed by atoms with E-state index in [0.717, 1.165) is 24.5 Å². The lowest BCUT2D eigenvalue weighted by Gasteiger charge is -2.03. The smallest absolute Gasteiger partial charge is 0.144 e. The fourth-order valence-electron chi connectivity index (χ4n) is 3.55. The Labute approximate surface area is 197 Å². The Morgan fingerprint density at radius 2 is 1.06 bits per heavy atom. The third-order valence-corrected chi connectivity index (χ3v) is 5.54. The second-order valence-electron chi connectivity index (χ2n) is 8.47. The monoisotopic (exact) mass is 435 g/mol. The van der Waals surface area contributed by atoms with Crippen LogP contribution in [-0.2, 0) is 6.42 Å². The van der Waals surface area contributed by atoms with E-state index < -0.39 is 0 Å². The number of unbranched alkanes of at least 4 members (excludes halogenated alkanes) is 12. The highest BCUT2D eigenvalue weighted by Crippen LogP contribution is 2.29. The van der Waals surface area contributed by atoms with Crippen molar-refractivity contribution in [3.8, 4) is 5.75 Å². The quantitative estimate of drug-likeness (QED) is 0.305. The number of aryl methyl sites for hydroxylation is 2. The van der Waals surface area contributed by atoms with E-state index in [4.69, 9.17) is 4.74 Å². The summed E-state index contributed by atoms with van der Waals surface area (Å²) in [5, 5.41) is 0. The molecule has 2 heteroatoms. The summed E-state index contributed by atoms with van der Waals surface area (Å²) in [6, 6.07) is 0. The molecule has 0 atom stereocenters. The Morgan fingerprint density at radius 1 is 0.677 bits per heavy atom. The van der Waals surface area contributed by atoms with Gasteiger partial charge in [0.25, 0.3) is 0 Å². The van der Waals surface area contributed by atoms with Crippen LogP contribution in [0.4, 0.5) is 0 Å². The van der Waals surface area contributed by atoms with Crippen LogP contribution in [0.25, 0.3) is 0 Å². The first-order chi connectivity index (χ1) is 15.1. The van der Waals surface area contributed by atoms with Gasteiger partial charge in [0.1, 0.15) is 5.75 Å². The molecule has 1 aromatic heterocycles. The molecule has 0 unspecified atom stereocenters. The average Bonchev–Trinajstić information content (AvgIpc) is 3.30. The van der Waals surface area contributed by atoms with Crippen LogP contribution in [0.3, 0.4) is 0 Å². The molecule has 0 amide bonds. The van der Waals surface area contributed by atoms with E-state index in [1.165, 1.54) is 101 Å². The van der Waals surface area contributed by atoms with E-state index in [1.807, 2.05) is 27.0 Å². The number of pyridine rings is 1. The molecule has 0 saturated carbocycles. The van der Waals surface area contributed by atoms with E-state index in [2.05, 4.69) is 39.6 Å². The zero-order valence-electron chi connectivity index (χ0n) is 22.7. The maximum Gasteiger partial charge on any atom is 0.144 e. The molecule has 0 bridgehead atoms. The lowest BCUT2D eigenvalue weighted by Crippen LogP contribution is -1.90. The zero-order valence-corrected chi connectivity index (χ0v) is 22.7. The standard InChI is InChI=1S/C9H11NO.2C9H20.C2H6/c1-6-5-10-7(2)9-8(6)3-4-11-9;2*1-3-5-7-9-8-6-4-2;1-2/h5H,3-4H2,1-2H3;2*3-9H2,1-2H3;1-2H3. The van der Waals surface area contributed by atoms with Gasteiger partial charge < -0.3 is 4.74 Å². The van der Waals surface area contributed by atoms with Crippen molar-refractivity contribution in [2.24, 2.45) is 0 Å². The molecule has 2 rings (SSSR count). The molecule has 1 aliphatic rings. The maximum absolute atomic E-state index is 5.45. The lowest BCUT2D eigenvalue weighted by molar-refractivity contribution is 0.353. The van der Waals surface area contributed by atoms with Gasteiger partial charge in [-0.25, -0.2) is 0 Å². The van der Waals surface area contributed by atoms with Gasteiger partial charge in [0, 0.05) is 18.2 Å². The summed E-state index contributed by atoms with van der Waals surface area (Å²) in [6.07, 6.45) is 22.9. The highest BCUT2D eigenvalue weighted by molar-refractivity contribution is 5.43. The molecule has 1 aliphatic heterocycles. The van der Waals surface area contributed by atoms with Crippen LogP contribution < -0.4 is 4.74 Å². The molecule has 31 heavy (non-hydrogen) atoms. The van der Waals surface area contributed by atoms with Crippen LogP contribution in [0.2, 0.25) is 0 Å². The van der Waals surface area contributed by atoms with Crippen LogP contribution in [0, 0.1) is 13.8 Å². The normalized spacial score (nSPS) is 11.1. The van der Waals surface area contributed by atoms with Crippen LogP contribution in [-0.4, -0.2) is 11.6 Å². The Bertz CT molecular complexity index is 429. The van der Waals surface area contributed by atoms with E-state index in [-0.39, 0.29) is 0 Å². The predicted molar refractivity (Wildman–Crippen MR) is 142 cm³/mol. The van der Waals surface area contributed by atoms with E-state index in [9.17, 15) is 0 Å². The third-order valence-electron chi connectivity index (χ3n) is 5.54. The van der Waals surface area contributed by atoms with Crippen molar-refractivity contribution in [1.82, 2.24) is 4.98 Å². The van der Waals surface area contributed by atoms with Gasteiger partial charge in [-0.1, -0.05) is 131 Å². The Balaban J connectivity index is 0. The van der Waals surface area contributed by atoms with Crippen molar-refractivity contribution < 1.29 is 4.74 Å². The van der Waals surface area contributed by atoms with Crippen molar-refractivity contribution in [2.75, 3.05) is 6.61 Å². The highest BCUT2D eigenvalue weighted by Gasteiger charge is 2.16. The Morgan fingerprint density at radius 3 is 1.42 bits per heavy atom. The molecule has 0 aliphatic carbocycles. The number of nitrogens with zero attached hydrogens (tertiary/aromatic N) is 1. The van der Waals surface area contributed by atoms with Crippen LogP contribution in [0.15, 0.2) is 6.20 Å². The van der Waals surface area contributed by atoms with Crippen molar-refractivity contribution in [3.05, 3.63) is 23.0 Å². The summed E-state index contributed by atoms with van der Waals surface area (Å²) >= 11 is 0. The van der Waals surface area contributed by atoms with Gasteiger partial charge in [-0.05, 0) is 19.4 Å². The molecule has 0 saturated heterocycles. The fraction of sp³-hybridized carbons (Fsp3) is 0.828. The Kier molecular flexibility index (Phi) is 26.1. The molecule has 184 valence electrons. The summed E-state index contributed by atoms with van der Waals surface area (Å²) in [5.74, 6) is 1.02. The number of hydrogen-bond acceptors (Lipinski definition) is 2. The fourth-order valence-corrected chi connectivity index (χ4v) is 3.55. The highest BCUT2D eigenvalue weighted by atomic mass is 16.5. The minimum Gasteiger partial charge on any atom is -0.491 e. The largest absolute Gasteiger partial charge is 0.491 e. The van der Waals surface area contributed by atoms with Gasteiger partial charge in [-0.3, -0.25) is 4.98 Å². The molecule has 0 fully saturated rings. The zero-order chi connectivity index (χ0) is 23.7. The van der Waals surface area contributed by atoms with E-state index >= 15 is 0 Å². The predicted octanol–water partition coefficient (Wildman–Crippen LogP) is 10.2. The maximum atomic E-state index is 5.45. The van der Waals surface area contributed by atoms with Gasteiger partial charge >= 0.3 is 0 Å². The van der Waals surface area contributed by atoms with Gasteiger partial charge in [-0.2, -0.15) is 0 Å². The molecule has 0 N–H and O–H groups in total. The first kappa shape index (κ1) is 32.1. The van der Waals surface area contributed by atoms with Crippen molar-refractivity contribution in [2.45, 2.75) is 152 Å². The molecule has 2 nitrogen and oxygen atoms in total. The van der Waals surface area contributed by atoms with Crippen LogP contribution in [0.1, 0.15) is 148 Å². The Hall–Kier alpha value is -1.05. The summed E-state index contributed by atoms with van der Waals surface area (Å²) < 4.78 is 5.45. The first-order valence-electron chi connectivity index (χ1n) is 13.7. The number of fused-ring (bicyclic) bond motifs is 1. The topological polar surface area (TPSA) is 22.1 Å². The van der Waals surface area contributed by atoms with Crippen molar-refractivity contribution in [3.63, 3.8) is 0 Å². The van der Waals surface area contributed by atoms with E-state index in [0.29, 0.717) is 0 Å². The molecule has 0 aromatic carbocycles. The summed E-state index contributed by atoms with van der Waals surface area (Å²) in [6.45, 7) is 17.9. The molecular weight excluding hydrogens is 378 g/mol. The average molecular weight is 436 g/mol. The lowest BCUT2D eigenvalue weighted by atomic mass is 10.1. The van der Waals surface area contributed by atoms with Gasteiger partial charge in [0.2, 0.25) is 0 Å². The summed E-state index contributed by atoms with van der Waals surface area (Å²) in [7, 11) is 0. The SMILES string of the molecule is CC.CCCCCCCCC.CCCCCCCCC.Cc1cnc(C)c2c1CCO2. The van der Waals surface area contributed by atoms with Crippen molar-refractivity contribution in [1.29, 1.82) is 0 Å². The third kappa shape index (κ3) is 18.2. The molecule has 0 spiro atoms. The molecule has 1 aromatic rings. The number of aromatic nitrogens is 1. The van der Waals surface area contributed by atoms with E-state index in [1.54, 1.807) is 0 Å². The van der Waals surface area contributed by atoms with Crippen LogP contribution in [0.5, 0.6) is 5.75 Å². The molecule has 2 heterocycles. The second-order valence-corrected chi connectivity index (χ2v) is 8.47. The number of hydrogen-bond donors (Lipinski definition) is 0. The van der Waals surface area contributed by atoms with Gasteiger partial charge in [0.15, 0.2) is 0 Å².